The summed E-state index contributed by atoms with van der Waals surface area (Å²) in [5, 5.41) is 7.75. The molecule has 4 nitrogen and oxygen atoms in total. The van der Waals surface area contributed by atoms with E-state index in [1.54, 1.807) is 22.9 Å². The van der Waals surface area contributed by atoms with Gasteiger partial charge in [-0.3, -0.25) is 4.99 Å². The zero-order valence-corrected chi connectivity index (χ0v) is 15.4. The highest BCUT2D eigenvalue weighted by Gasteiger charge is 2.31. The third-order valence-corrected chi connectivity index (χ3v) is 6.94. The summed E-state index contributed by atoms with van der Waals surface area (Å²) in [6.07, 6.45) is 10.2. The van der Waals surface area contributed by atoms with Gasteiger partial charge in [-0.2, -0.15) is 0 Å². The predicted molar refractivity (Wildman–Crippen MR) is 101 cm³/mol. The molecule has 2 aromatic rings. The fraction of sp³-hybridized carbons (Fsp3) is 0.389. The average molecular weight is 358 g/mol. The number of rotatable bonds is 4. The smallest absolute Gasteiger partial charge is 0.107 e. The molecule has 0 bridgehead atoms. The highest BCUT2D eigenvalue weighted by Crippen LogP contribution is 2.44. The van der Waals surface area contributed by atoms with Crippen molar-refractivity contribution in [3.8, 4) is 10.4 Å². The third-order valence-electron chi connectivity index (χ3n) is 4.93. The summed E-state index contributed by atoms with van der Waals surface area (Å²) < 4.78 is 10.7. The Morgan fingerprint density at radius 2 is 2.29 bits per heavy atom. The van der Waals surface area contributed by atoms with Crippen LogP contribution in [0.25, 0.3) is 10.4 Å². The number of nitrogens with zero attached hydrogens (tertiary/aromatic N) is 2. The maximum atomic E-state index is 7.75. The molecule has 0 radical (unpaired) electrons. The Labute approximate surface area is 149 Å². The molecule has 0 fully saturated rings. The number of aromatic nitrogens is 1. The van der Waals surface area contributed by atoms with Crippen LogP contribution in [0.15, 0.2) is 23.5 Å². The van der Waals surface area contributed by atoms with Crippen molar-refractivity contribution in [3.63, 3.8) is 0 Å². The van der Waals surface area contributed by atoms with Crippen molar-refractivity contribution in [2.45, 2.75) is 45.3 Å². The summed E-state index contributed by atoms with van der Waals surface area (Å²) in [6.45, 7) is 4.68. The van der Waals surface area contributed by atoms with Crippen molar-refractivity contribution in [2.24, 2.45) is 4.99 Å². The molecule has 0 aromatic carbocycles. The van der Waals surface area contributed by atoms with Gasteiger partial charge in [0, 0.05) is 46.1 Å². The fourth-order valence-corrected chi connectivity index (χ4v) is 5.34. The van der Waals surface area contributed by atoms with Gasteiger partial charge in [0.05, 0.1) is 11.5 Å². The lowest BCUT2D eigenvalue weighted by Crippen LogP contribution is -2.37. The number of ether oxygens (including phenoxy) is 1. The lowest BCUT2D eigenvalue weighted by atomic mass is 9.92. The quantitative estimate of drug-likeness (QED) is 0.812. The number of hydrogen-bond acceptors (Lipinski definition) is 6. The van der Waals surface area contributed by atoms with E-state index in [9.17, 15) is 0 Å². The van der Waals surface area contributed by atoms with E-state index in [2.05, 4.69) is 22.4 Å². The van der Waals surface area contributed by atoms with Gasteiger partial charge >= 0.3 is 0 Å². The highest BCUT2D eigenvalue weighted by molar-refractivity contribution is 7.15. The van der Waals surface area contributed by atoms with Crippen LogP contribution >= 0.6 is 22.9 Å². The van der Waals surface area contributed by atoms with Crippen LogP contribution in [0.1, 0.15) is 41.1 Å². The first-order valence-corrected chi connectivity index (χ1v) is 9.64. The van der Waals surface area contributed by atoms with Crippen LogP contribution in [0.3, 0.4) is 0 Å². The van der Waals surface area contributed by atoms with Crippen molar-refractivity contribution in [1.29, 1.82) is 5.41 Å². The summed E-state index contributed by atoms with van der Waals surface area (Å²) in [6, 6.07) is 0. The third kappa shape index (κ3) is 2.49. The Bertz CT molecular complexity index is 862. The number of hydrogen-bond donors (Lipinski definition) is 1. The molecule has 0 spiro atoms. The van der Waals surface area contributed by atoms with E-state index in [1.807, 2.05) is 19.3 Å². The molecule has 0 saturated carbocycles. The van der Waals surface area contributed by atoms with Crippen LogP contribution < -0.4 is 0 Å². The second kappa shape index (κ2) is 6.02. The zero-order chi connectivity index (χ0) is 16.7. The van der Waals surface area contributed by atoms with E-state index in [0.717, 1.165) is 29.9 Å². The van der Waals surface area contributed by atoms with Gasteiger partial charge in [-0.05, 0) is 49.3 Å². The predicted octanol–water partition coefficient (Wildman–Crippen LogP) is 4.62. The minimum atomic E-state index is -0.346. The van der Waals surface area contributed by atoms with Crippen molar-refractivity contribution in [3.05, 3.63) is 39.4 Å². The first kappa shape index (κ1) is 15.9. The Morgan fingerprint density at radius 3 is 3.08 bits per heavy atom. The molecular formula is C18H19N3OS2. The molecule has 0 saturated heterocycles. The molecule has 0 amide bonds. The number of nitrogens with one attached hydrogen (secondary N) is 1. The van der Waals surface area contributed by atoms with Crippen molar-refractivity contribution < 1.29 is 4.74 Å². The van der Waals surface area contributed by atoms with Crippen molar-refractivity contribution in [1.82, 2.24) is 4.37 Å². The molecule has 2 aliphatic rings. The van der Waals surface area contributed by atoms with Gasteiger partial charge in [0.15, 0.2) is 0 Å². The van der Waals surface area contributed by atoms with Crippen LogP contribution in [0.5, 0.6) is 0 Å². The first-order valence-electron chi connectivity index (χ1n) is 8.05. The number of fused-ring (bicyclic) bond motifs is 3. The summed E-state index contributed by atoms with van der Waals surface area (Å²) in [7, 11) is 0. The minimum Gasteiger partial charge on any atom is -0.363 e. The molecule has 1 atom stereocenters. The Morgan fingerprint density at radius 1 is 1.42 bits per heavy atom. The van der Waals surface area contributed by atoms with Crippen molar-refractivity contribution >= 4 is 34.8 Å². The van der Waals surface area contributed by atoms with Gasteiger partial charge in [-0.15, -0.1) is 11.3 Å². The first-order chi connectivity index (χ1) is 11.6. The Hall–Kier alpha value is -1.63. The van der Waals surface area contributed by atoms with Crippen molar-refractivity contribution in [2.75, 3.05) is 0 Å². The molecule has 1 N–H and O–H groups in total. The van der Waals surface area contributed by atoms with Gasteiger partial charge in [0.2, 0.25) is 0 Å². The standard InChI is InChI=1S/C18H19N3OS2/c1-11-18(2,6-3-7-20-11)22-10-15-16-13(14(8-19)23-15)5-4-12-9-21-24-17(12)16/h3,7-9,19H,4-6,10H2,1-2H3. The van der Waals surface area contributed by atoms with E-state index in [1.165, 1.54) is 32.7 Å². The summed E-state index contributed by atoms with van der Waals surface area (Å²) >= 11 is 3.24. The maximum absolute atomic E-state index is 7.75. The molecule has 1 aliphatic carbocycles. The van der Waals surface area contributed by atoms with E-state index >= 15 is 0 Å². The van der Waals surface area contributed by atoms with Crippen LogP contribution in [-0.2, 0) is 24.2 Å². The zero-order valence-electron chi connectivity index (χ0n) is 13.8. The molecule has 124 valence electrons. The van der Waals surface area contributed by atoms with E-state index in [4.69, 9.17) is 10.1 Å². The van der Waals surface area contributed by atoms with E-state index in [-0.39, 0.29) is 5.60 Å². The van der Waals surface area contributed by atoms with E-state index < -0.39 is 0 Å². The molecule has 1 aliphatic heterocycles. The molecule has 3 heterocycles. The normalized spacial score (nSPS) is 22.0. The SMILES string of the molecule is CC1=NC=CCC1(C)OCc1sc(C=N)c2c1-c1sncc1CC2. The molecular weight excluding hydrogens is 338 g/mol. The summed E-state index contributed by atoms with van der Waals surface area (Å²) in [4.78, 5) is 7.93. The second-order valence-electron chi connectivity index (χ2n) is 6.39. The molecule has 1 unspecified atom stereocenters. The molecule has 6 heteroatoms. The molecule has 4 rings (SSSR count). The largest absolute Gasteiger partial charge is 0.363 e. The number of aryl methyl sites for hydroxylation is 1. The molecule has 2 aromatic heterocycles. The maximum Gasteiger partial charge on any atom is 0.107 e. The topological polar surface area (TPSA) is 58.3 Å². The monoisotopic (exact) mass is 357 g/mol. The van der Waals surface area contributed by atoms with Gasteiger partial charge in [-0.25, -0.2) is 4.37 Å². The van der Waals surface area contributed by atoms with Crippen LogP contribution in [-0.4, -0.2) is 21.9 Å². The highest BCUT2D eigenvalue weighted by atomic mass is 32.1. The average Bonchev–Trinajstić information content (AvgIpc) is 3.19. The summed E-state index contributed by atoms with van der Waals surface area (Å²) in [5.74, 6) is 0. The van der Waals surface area contributed by atoms with Gasteiger partial charge in [-0.1, -0.05) is 6.08 Å². The number of aliphatic imine (C=N–C) groups is 1. The van der Waals surface area contributed by atoms with Gasteiger partial charge in [0.25, 0.3) is 0 Å². The lowest BCUT2D eigenvalue weighted by molar-refractivity contribution is 0.0109. The Kier molecular flexibility index (Phi) is 3.98. The molecule has 24 heavy (non-hydrogen) atoms. The summed E-state index contributed by atoms with van der Waals surface area (Å²) in [5.41, 5.74) is 4.56. The Balaban J connectivity index is 1.68. The van der Waals surface area contributed by atoms with Gasteiger partial charge < -0.3 is 10.1 Å². The second-order valence-corrected chi connectivity index (χ2v) is 8.33. The number of thiophene rings is 1. The van der Waals surface area contributed by atoms with Crippen LogP contribution in [0, 0.1) is 5.41 Å². The minimum absolute atomic E-state index is 0.346. The van der Waals surface area contributed by atoms with Gasteiger partial charge in [0.1, 0.15) is 5.60 Å². The van der Waals surface area contributed by atoms with Crippen LogP contribution in [0.4, 0.5) is 0 Å². The van der Waals surface area contributed by atoms with E-state index in [0.29, 0.717) is 6.61 Å². The lowest BCUT2D eigenvalue weighted by Gasteiger charge is -2.30. The van der Waals surface area contributed by atoms with Crippen LogP contribution in [0.2, 0.25) is 0 Å². The fourth-order valence-electron chi connectivity index (χ4n) is 3.29.